The number of hydrogen-bond acceptors (Lipinski definition) is 2. The van der Waals surface area contributed by atoms with Crippen LogP contribution in [0.5, 0.6) is 0 Å². The summed E-state index contributed by atoms with van der Waals surface area (Å²) >= 11 is 6.31. The lowest BCUT2D eigenvalue weighted by Gasteiger charge is -2.44. The standard InChI is InChI=1S/C16H24ClFN2/c1-11(2)20-8-4-5-12(10-19-3)16(20)14-7-6-13(18)9-15(14)17/h6-7,9,11-12,16,19H,4-5,8,10H2,1-3H3. The Morgan fingerprint density at radius 2 is 2.20 bits per heavy atom. The Bertz CT molecular complexity index is 448. The first-order valence-electron chi connectivity index (χ1n) is 7.40. The molecule has 2 unspecified atom stereocenters. The second-order valence-electron chi connectivity index (χ2n) is 5.90. The number of nitrogens with zero attached hydrogens (tertiary/aromatic N) is 1. The normalized spacial score (nSPS) is 24.3. The second kappa shape index (κ2) is 6.88. The van der Waals surface area contributed by atoms with Crippen molar-refractivity contribution in [2.24, 2.45) is 5.92 Å². The molecule has 2 rings (SSSR count). The molecule has 4 heteroatoms. The van der Waals surface area contributed by atoms with Gasteiger partial charge in [-0.1, -0.05) is 17.7 Å². The molecule has 2 nitrogen and oxygen atoms in total. The predicted molar refractivity (Wildman–Crippen MR) is 82.6 cm³/mol. The molecule has 1 N–H and O–H groups in total. The highest BCUT2D eigenvalue weighted by atomic mass is 35.5. The van der Waals surface area contributed by atoms with E-state index in [1.54, 1.807) is 0 Å². The molecular weight excluding hydrogens is 275 g/mol. The van der Waals surface area contributed by atoms with Crippen LogP contribution in [-0.4, -0.2) is 31.1 Å². The molecule has 1 fully saturated rings. The van der Waals surface area contributed by atoms with Crippen molar-refractivity contribution in [3.05, 3.63) is 34.6 Å². The molecule has 112 valence electrons. The number of benzene rings is 1. The molecule has 2 atom stereocenters. The van der Waals surface area contributed by atoms with Gasteiger partial charge < -0.3 is 5.32 Å². The Labute approximate surface area is 126 Å². The van der Waals surface area contributed by atoms with Crippen molar-refractivity contribution in [3.63, 3.8) is 0 Å². The van der Waals surface area contributed by atoms with Gasteiger partial charge in [-0.25, -0.2) is 4.39 Å². The van der Waals surface area contributed by atoms with Crippen LogP contribution in [0.1, 0.15) is 38.3 Å². The van der Waals surface area contributed by atoms with E-state index >= 15 is 0 Å². The van der Waals surface area contributed by atoms with E-state index in [4.69, 9.17) is 11.6 Å². The minimum Gasteiger partial charge on any atom is -0.319 e. The summed E-state index contributed by atoms with van der Waals surface area (Å²) in [6, 6.07) is 5.53. The smallest absolute Gasteiger partial charge is 0.124 e. The van der Waals surface area contributed by atoms with E-state index in [0.29, 0.717) is 17.0 Å². The third-order valence-electron chi connectivity index (χ3n) is 4.21. The van der Waals surface area contributed by atoms with Crippen LogP contribution in [0, 0.1) is 11.7 Å². The predicted octanol–water partition coefficient (Wildman–Crippen LogP) is 3.86. The van der Waals surface area contributed by atoms with Gasteiger partial charge in [0.1, 0.15) is 5.82 Å². The largest absolute Gasteiger partial charge is 0.319 e. The van der Waals surface area contributed by atoms with Gasteiger partial charge in [-0.05, 0) is 70.4 Å². The van der Waals surface area contributed by atoms with Gasteiger partial charge in [0, 0.05) is 17.1 Å². The summed E-state index contributed by atoms with van der Waals surface area (Å²) in [5.41, 5.74) is 1.06. The highest BCUT2D eigenvalue weighted by molar-refractivity contribution is 6.31. The van der Waals surface area contributed by atoms with Crippen LogP contribution in [0.4, 0.5) is 4.39 Å². The molecule has 0 saturated carbocycles. The summed E-state index contributed by atoms with van der Waals surface area (Å²) in [7, 11) is 1.98. The highest BCUT2D eigenvalue weighted by Gasteiger charge is 2.34. The summed E-state index contributed by atoms with van der Waals surface area (Å²) in [4.78, 5) is 2.49. The number of likely N-dealkylation sites (tertiary alicyclic amines) is 1. The molecule has 0 aliphatic carbocycles. The minimum absolute atomic E-state index is 0.268. The first-order chi connectivity index (χ1) is 9.54. The SMILES string of the molecule is CNCC1CCCN(C(C)C)C1c1ccc(F)cc1Cl. The molecule has 0 bridgehead atoms. The molecule has 1 heterocycles. The molecular formula is C16H24ClFN2. The van der Waals surface area contributed by atoms with Crippen LogP contribution in [0.2, 0.25) is 5.02 Å². The topological polar surface area (TPSA) is 15.3 Å². The van der Waals surface area contributed by atoms with Crippen molar-refractivity contribution in [1.82, 2.24) is 10.2 Å². The molecule has 20 heavy (non-hydrogen) atoms. The van der Waals surface area contributed by atoms with Gasteiger partial charge in [0.2, 0.25) is 0 Å². The average molecular weight is 299 g/mol. The van der Waals surface area contributed by atoms with E-state index in [1.807, 2.05) is 13.1 Å². The molecule has 0 spiro atoms. The van der Waals surface area contributed by atoms with Crippen LogP contribution >= 0.6 is 11.6 Å². The maximum Gasteiger partial charge on any atom is 0.124 e. The summed E-state index contributed by atoms with van der Waals surface area (Å²) in [5, 5.41) is 3.83. The van der Waals surface area contributed by atoms with Crippen molar-refractivity contribution in [2.45, 2.75) is 38.8 Å². The van der Waals surface area contributed by atoms with Gasteiger partial charge in [0.15, 0.2) is 0 Å². The molecule has 0 amide bonds. The van der Waals surface area contributed by atoms with E-state index in [0.717, 1.165) is 18.7 Å². The van der Waals surface area contributed by atoms with E-state index in [-0.39, 0.29) is 11.9 Å². The lowest BCUT2D eigenvalue weighted by atomic mass is 9.83. The fourth-order valence-electron chi connectivity index (χ4n) is 3.33. The Kier molecular flexibility index (Phi) is 5.42. The third-order valence-corrected chi connectivity index (χ3v) is 4.53. The molecule has 0 aromatic heterocycles. The molecule has 1 aliphatic rings. The van der Waals surface area contributed by atoms with Gasteiger partial charge >= 0.3 is 0 Å². The highest BCUT2D eigenvalue weighted by Crippen LogP contribution is 2.40. The maximum atomic E-state index is 13.3. The zero-order valence-corrected chi connectivity index (χ0v) is 13.3. The van der Waals surface area contributed by atoms with Gasteiger partial charge in [-0.3, -0.25) is 4.90 Å². The van der Waals surface area contributed by atoms with Crippen molar-refractivity contribution >= 4 is 11.6 Å². The zero-order valence-electron chi connectivity index (χ0n) is 12.5. The zero-order chi connectivity index (χ0) is 14.7. The monoisotopic (exact) mass is 298 g/mol. The quantitative estimate of drug-likeness (QED) is 0.908. The van der Waals surface area contributed by atoms with E-state index < -0.39 is 0 Å². The second-order valence-corrected chi connectivity index (χ2v) is 6.31. The van der Waals surface area contributed by atoms with Crippen LogP contribution in [0.3, 0.4) is 0 Å². The Hall–Kier alpha value is -0.640. The molecule has 0 radical (unpaired) electrons. The van der Waals surface area contributed by atoms with Crippen LogP contribution in [0.15, 0.2) is 18.2 Å². The van der Waals surface area contributed by atoms with Gasteiger partial charge in [0.25, 0.3) is 0 Å². The maximum absolute atomic E-state index is 13.3. The summed E-state index contributed by atoms with van der Waals surface area (Å²) in [6.07, 6.45) is 2.39. The molecule has 1 aromatic rings. The van der Waals surface area contributed by atoms with Crippen molar-refractivity contribution in [2.75, 3.05) is 20.1 Å². The fraction of sp³-hybridized carbons (Fsp3) is 0.625. The lowest BCUT2D eigenvalue weighted by Crippen LogP contribution is -2.45. The Morgan fingerprint density at radius 1 is 1.45 bits per heavy atom. The van der Waals surface area contributed by atoms with Crippen LogP contribution in [0.25, 0.3) is 0 Å². The Balaban J connectivity index is 2.37. The molecule has 1 aromatic carbocycles. The number of hydrogen-bond donors (Lipinski definition) is 1. The minimum atomic E-state index is -0.268. The van der Waals surface area contributed by atoms with Gasteiger partial charge in [-0.2, -0.15) is 0 Å². The molecule has 1 aliphatic heterocycles. The van der Waals surface area contributed by atoms with Crippen molar-refractivity contribution < 1.29 is 4.39 Å². The number of halogens is 2. The van der Waals surface area contributed by atoms with Gasteiger partial charge in [-0.15, -0.1) is 0 Å². The lowest BCUT2D eigenvalue weighted by molar-refractivity contribution is 0.0636. The third kappa shape index (κ3) is 3.33. The van der Waals surface area contributed by atoms with E-state index in [1.165, 1.54) is 25.0 Å². The first-order valence-corrected chi connectivity index (χ1v) is 7.77. The summed E-state index contributed by atoms with van der Waals surface area (Å²) in [5.74, 6) is 0.245. The summed E-state index contributed by atoms with van der Waals surface area (Å²) < 4.78 is 13.3. The Morgan fingerprint density at radius 3 is 2.80 bits per heavy atom. The first kappa shape index (κ1) is 15.7. The van der Waals surface area contributed by atoms with Gasteiger partial charge in [0.05, 0.1) is 0 Å². The number of rotatable bonds is 4. The number of nitrogens with one attached hydrogen (secondary N) is 1. The van der Waals surface area contributed by atoms with Crippen molar-refractivity contribution in [1.29, 1.82) is 0 Å². The van der Waals surface area contributed by atoms with Crippen molar-refractivity contribution in [3.8, 4) is 0 Å². The van der Waals surface area contributed by atoms with Crippen LogP contribution in [-0.2, 0) is 0 Å². The molecule has 1 saturated heterocycles. The van der Waals surface area contributed by atoms with E-state index in [9.17, 15) is 4.39 Å². The fourth-order valence-corrected chi connectivity index (χ4v) is 3.61. The summed E-state index contributed by atoms with van der Waals surface area (Å²) in [6.45, 7) is 6.47. The average Bonchev–Trinajstić information content (AvgIpc) is 2.39. The van der Waals surface area contributed by atoms with Crippen LogP contribution < -0.4 is 5.32 Å². The number of piperidine rings is 1. The van der Waals surface area contributed by atoms with E-state index in [2.05, 4.69) is 24.1 Å².